The van der Waals surface area contributed by atoms with E-state index in [2.05, 4.69) is 17.1 Å². The fraction of sp³-hybridized carbons (Fsp3) is 0.714. The molecule has 0 aliphatic carbocycles. The van der Waals surface area contributed by atoms with Crippen LogP contribution in [0.4, 0.5) is 0 Å². The summed E-state index contributed by atoms with van der Waals surface area (Å²) in [4.78, 5) is 13.5. The van der Waals surface area contributed by atoms with Crippen molar-refractivity contribution in [1.29, 1.82) is 0 Å². The highest BCUT2D eigenvalue weighted by Crippen LogP contribution is 1.82. The number of nitrogens with one attached hydrogen (secondary N) is 1. The van der Waals surface area contributed by atoms with Crippen LogP contribution < -0.4 is 5.32 Å². The molecule has 10 heavy (non-hydrogen) atoms. The van der Waals surface area contributed by atoms with Gasteiger partial charge in [0.25, 0.3) is 12.5 Å². The van der Waals surface area contributed by atoms with E-state index in [1.807, 2.05) is 0 Å². The van der Waals surface area contributed by atoms with Crippen LogP contribution in [0.25, 0.3) is 4.85 Å². The van der Waals surface area contributed by atoms with Gasteiger partial charge in [0, 0.05) is 6.54 Å². The van der Waals surface area contributed by atoms with Crippen molar-refractivity contribution in [2.24, 2.45) is 0 Å². The molecule has 0 aromatic heterocycles. The summed E-state index contributed by atoms with van der Waals surface area (Å²) < 4.78 is 0. The van der Waals surface area contributed by atoms with Crippen molar-refractivity contribution < 1.29 is 4.79 Å². The summed E-state index contributed by atoms with van der Waals surface area (Å²) in [7, 11) is 0. The third-order valence-corrected chi connectivity index (χ3v) is 1.08. The second-order valence-electron chi connectivity index (χ2n) is 2.02. The van der Waals surface area contributed by atoms with Crippen molar-refractivity contribution >= 4 is 5.91 Å². The first-order valence-corrected chi connectivity index (χ1v) is 3.41. The quantitative estimate of drug-likeness (QED) is 0.455. The average molecular weight is 140 g/mol. The molecule has 3 heteroatoms. The van der Waals surface area contributed by atoms with Crippen molar-refractivity contribution in [2.75, 3.05) is 13.1 Å². The highest BCUT2D eigenvalue weighted by Gasteiger charge is 1.99. The third kappa shape index (κ3) is 5.10. The molecule has 0 atom stereocenters. The van der Waals surface area contributed by atoms with Gasteiger partial charge in [-0.1, -0.05) is 13.3 Å². The van der Waals surface area contributed by atoms with Crippen LogP contribution in [0.5, 0.6) is 0 Å². The molecular weight excluding hydrogens is 128 g/mol. The number of carbonyl (C=O) groups excluding carboxylic acids is 1. The molecule has 1 amide bonds. The molecule has 0 unspecified atom stereocenters. The molecular formula is C7H12N2O. The Labute approximate surface area is 61.2 Å². The van der Waals surface area contributed by atoms with Gasteiger partial charge in [0.2, 0.25) is 0 Å². The maximum absolute atomic E-state index is 10.6. The molecule has 0 radical (unpaired) electrons. The molecule has 0 aliphatic rings. The van der Waals surface area contributed by atoms with Gasteiger partial charge in [-0.15, -0.1) is 0 Å². The monoisotopic (exact) mass is 140 g/mol. The van der Waals surface area contributed by atoms with Gasteiger partial charge in [0.05, 0.1) is 0 Å². The number of hydrogen-bond donors (Lipinski definition) is 1. The Kier molecular flexibility index (Phi) is 5.45. The normalized spacial score (nSPS) is 8.40. The number of rotatable bonds is 4. The lowest BCUT2D eigenvalue weighted by atomic mass is 10.3. The van der Waals surface area contributed by atoms with Gasteiger partial charge in [-0.2, -0.15) is 0 Å². The maximum Gasteiger partial charge on any atom is 0.300 e. The largest absolute Gasteiger partial charge is 0.350 e. The van der Waals surface area contributed by atoms with Gasteiger partial charge in [-0.3, -0.25) is 4.79 Å². The zero-order valence-corrected chi connectivity index (χ0v) is 6.18. The lowest BCUT2D eigenvalue weighted by Gasteiger charge is -1.96. The Morgan fingerprint density at radius 1 is 1.70 bits per heavy atom. The lowest BCUT2D eigenvalue weighted by molar-refractivity contribution is -0.119. The number of nitrogens with zero attached hydrogens (tertiary/aromatic N) is 1. The summed E-state index contributed by atoms with van der Waals surface area (Å²) in [6, 6.07) is 0. The molecule has 0 aromatic rings. The first-order valence-electron chi connectivity index (χ1n) is 3.41. The zero-order valence-electron chi connectivity index (χ0n) is 6.18. The molecule has 0 rings (SSSR count). The molecule has 0 saturated heterocycles. The molecule has 56 valence electrons. The van der Waals surface area contributed by atoms with Gasteiger partial charge < -0.3 is 10.2 Å². The van der Waals surface area contributed by atoms with Gasteiger partial charge in [-0.05, 0) is 6.42 Å². The van der Waals surface area contributed by atoms with E-state index in [-0.39, 0.29) is 12.5 Å². The van der Waals surface area contributed by atoms with Gasteiger partial charge >= 0.3 is 0 Å². The molecule has 1 N–H and O–H groups in total. The highest BCUT2D eigenvalue weighted by atomic mass is 16.1. The second kappa shape index (κ2) is 6.09. The fourth-order valence-corrected chi connectivity index (χ4v) is 0.532. The topological polar surface area (TPSA) is 33.5 Å². The van der Waals surface area contributed by atoms with E-state index in [0.29, 0.717) is 6.54 Å². The van der Waals surface area contributed by atoms with Crippen LogP contribution in [-0.4, -0.2) is 19.0 Å². The predicted octanol–water partition coefficient (Wildman–Crippen LogP) is 0.822. The first kappa shape index (κ1) is 8.96. The van der Waals surface area contributed by atoms with Gasteiger partial charge in [-0.25, -0.2) is 6.57 Å². The molecule has 0 aliphatic heterocycles. The SMILES string of the molecule is [C-]#[N+]CC(=O)NCCCC. The summed E-state index contributed by atoms with van der Waals surface area (Å²) in [5.41, 5.74) is 0. The van der Waals surface area contributed by atoms with Crippen LogP contribution in [0.1, 0.15) is 19.8 Å². The number of amides is 1. The number of carbonyl (C=O) groups is 1. The number of hydrogen-bond acceptors (Lipinski definition) is 1. The Morgan fingerprint density at radius 2 is 2.40 bits per heavy atom. The second-order valence-corrected chi connectivity index (χ2v) is 2.02. The Hall–Kier alpha value is -1.04. The minimum atomic E-state index is -0.163. The third-order valence-electron chi connectivity index (χ3n) is 1.08. The van der Waals surface area contributed by atoms with Crippen molar-refractivity contribution in [1.82, 2.24) is 5.32 Å². The minimum absolute atomic E-state index is 0.0380. The average Bonchev–Trinajstić information content (AvgIpc) is 1.89. The van der Waals surface area contributed by atoms with Crippen molar-refractivity contribution in [3.05, 3.63) is 11.4 Å². The molecule has 0 aromatic carbocycles. The summed E-state index contributed by atoms with van der Waals surface area (Å²) in [6.07, 6.45) is 2.06. The van der Waals surface area contributed by atoms with Crippen molar-refractivity contribution in [3.63, 3.8) is 0 Å². The van der Waals surface area contributed by atoms with Crippen LogP contribution in [0.15, 0.2) is 0 Å². The van der Waals surface area contributed by atoms with E-state index in [4.69, 9.17) is 6.57 Å². The van der Waals surface area contributed by atoms with E-state index >= 15 is 0 Å². The van der Waals surface area contributed by atoms with Crippen molar-refractivity contribution in [3.8, 4) is 0 Å². The van der Waals surface area contributed by atoms with Crippen LogP contribution in [0.2, 0.25) is 0 Å². The standard InChI is InChI=1S/C7H12N2O/c1-3-4-5-9-7(10)6-8-2/h3-6H2,1H3,(H,9,10). The van der Waals surface area contributed by atoms with E-state index in [9.17, 15) is 4.79 Å². The van der Waals surface area contributed by atoms with Crippen molar-refractivity contribution in [2.45, 2.75) is 19.8 Å². The Balaban J connectivity index is 3.15. The molecule has 0 heterocycles. The van der Waals surface area contributed by atoms with Crippen LogP contribution in [-0.2, 0) is 4.79 Å². The van der Waals surface area contributed by atoms with Gasteiger partial charge in [0.1, 0.15) is 0 Å². The van der Waals surface area contributed by atoms with Crippen LogP contribution in [0, 0.1) is 6.57 Å². The zero-order chi connectivity index (χ0) is 7.82. The van der Waals surface area contributed by atoms with Crippen LogP contribution in [0.3, 0.4) is 0 Å². The fourth-order valence-electron chi connectivity index (χ4n) is 0.532. The molecule has 0 saturated carbocycles. The van der Waals surface area contributed by atoms with E-state index in [1.165, 1.54) is 0 Å². The molecule has 3 nitrogen and oxygen atoms in total. The Bertz CT molecular complexity index is 137. The summed E-state index contributed by atoms with van der Waals surface area (Å²) >= 11 is 0. The van der Waals surface area contributed by atoms with E-state index < -0.39 is 0 Å². The van der Waals surface area contributed by atoms with Gasteiger partial charge in [0.15, 0.2) is 0 Å². The molecule has 0 bridgehead atoms. The lowest BCUT2D eigenvalue weighted by Crippen LogP contribution is -2.25. The smallest absolute Gasteiger partial charge is 0.300 e. The summed E-state index contributed by atoms with van der Waals surface area (Å²) in [5.74, 6) is -0.163. The van der Waals surface area contributed by atoms with E-state index in [0.717, 1.165) is 12.8 Å². The minimum Gasteiger partial charge on any atom is -0.350 e. The first-order chi connectivity index (χ1) is 4.81. The maximum atomic E-state index is 10.6. The molecule has 0 spiro atoms. The van der Waals surface area contributed by atoms with E-state index in [1.54, 1.807) is 0 Å². The summed E-state index contributed by atoms with van der Waals surface area (Å²) in [6.45, 7) is 9.10. The predicted molar refractivity (Wildman–Crippen MR) is 39.4 cm³/mol. The van der Waals surface area contributed by atoms with Crippen LogP contribution >= 0.6 is 0 Å². The summed E-state index contributed by atoms with van der Waals surface area (Å²) in [5, 5.41) is 2.63. The Morgan fingerprint density at radius 3 is 2.90 bits per heavy atom. The molecule has 0 fully saturated rings. The number of unbranched alkanes of at least 4 members (excludes halogenated alkanes) is 1. The highest BCUT2D eigenvalue weighted by molar-refractivity contribution is 5.79.